The van der Waals surface area contributed by atoms with Crippen molar-refractivity contribution in [3.05, 3.63) is 35.9 Å². The molecule has 1 saturated carbocycles. The van der Waals surface area contributed by atoms with Gasteiger partial charge in [0.1, 0.15) is 6.04 Å². The van der Waals surface area contributed by atoms with Gasteiger partial charge in [0.2, 0.25) is 11.8 Å². The smallest absolute Gasteiger partial charge is 0.326 e. The van der Waals surface area contributed by atoms with Gasteiger partial charge in [-0.15, -0.1) is 0 Å². The Morgan fingerprint density at radius 2 is 1.74 bits per heavy atom. The van der Waals surface area contributed by atoms with Crippen LogP contribution in [-0.2, 0) is 20.8 Å². The third kappa shape index (κ3) is 4.87. The molecule has 1 unspecified atom stereocenters. The van der Waals surface area contributed by atoms with E-state index in [0.717, 1.165) is 24.8 Å². The predicted molar refractivity (Wildman–Crippen MR) is 101 cm³/mol. The van der Waals surface area contributed by atoms with E-state index in [1.165, 1.54) is 0 Å². The largest absolute Gasteiger partial charge is 0.480 e. The van der Waals surface area contributed by atoms with E-state index in [0.29, 0.717) is 32.4 Å². The summed E-state index contributed by atoms with van der Waals surface area (Å²) in [4.78, 5) is 40.1. The van der Waals surface area contributed by atoms with Gasteiger partial charge in [-0.2, -0.15) is 0 Å². The zero-order valence-electron chi connectivity index (χ0n) is 15.8. The van der Waals surface area contributed by atoms with Gasteiger partial charge in [0.05, 0.1) is 0 Å². The van der Waals surface area contributed by atoms with Gasteiger partial charge in [0.15, 0.2) is 0 Å². The standard InChI is InChI=1S/C21H28N2O4/c1-15(21(26)27)23(18-8-9-18)20(25)17-11-13-22(14-12-17)19(24)10-7-16-5-3-2-4-6-16/h2-6,15,17-18H,7-14H2,1H3,(H,26,27). The summed E-state index contributed by atoms with van der Waals surface area (Å²) in [5.74, 6) is -1.05. The van der Waals surface area contributed by atoms with Crippen LogP contribution < -0.4 is 0 Å². The van der Waals surface area contributed by atoms with Gasteiger partial charge in [-0.3, -0.25) is 9.59 Å². The monoisotopic (exact) mass is 372 g/mol. The van der Waals surface area contributed by atoms with Crippen molar-refractivity contribution in [2.24, 2.45) is 5.92 Å². The quantitative estimate of drug-likeness (QED) is 0.797. The van der Waals surface area contributed by atoms with Crippen LogP contribution in [0.2, 0.25) is 0 Å². The molecule has 2 aliphatic rings. The maximum atomic E-state index is 12.9. The van der Waals surface area contributed by atoms with Gasteiger partial charge in [-0.1, -0.05) is 30.3 Å². The fraction of sp³-hybridized carbons (Fsp3) is 0.571. The Kier molecular flexibility index (Phi) is 6.14. The Morgan fingerprint density at radius 3 is 2.30 bits per heavy atom. The molecule has 1 aliphatic heterocycles. The first kappa shape index (κ1) is 19.4. The molecule has 1 saturated heterocycles. The molecule has 0 spiro atoms. The average molecular weight is 372 g/mol. The Morgan fingerprint density at radius 1 is 1.11 bits per heavy atom. The van der Waals surface area contributed by atoms with Gasteiger partial charge in [0, 0.05) is 31.5 Å². The second kappa shape index (κ2) is 8.55. The highest BCUT2D eigenvalue weighted by atomic mass is 16.4. The van der Waals surface area contributed by atoms with E-state index < -0.39 is 12.0 Å². The molecule has 1 heterocycles. The van der Waals surface area contributed by atoms with E-state index in [-0.39, 0.29) is 23.8 Å². The van der Waals surface area contributed by atoms with Crippen molar-refractivity contribution >= 4 is 17.8 Å². The summed E-state index contributed by atoms with van der Waals surface area (Å²) >= 11 is 0. The number of carbonyl (C=O) groups excluding carboxylic acids is 2. The summed E-state index contributed by atoms with van der Waals surface area (Å²) in [5.41, 5.74) is 1.15. The molecule has 27 heavy (non-hydrogen) atoms. The van der Waals surface area contributed by atoms with Crippen molar-refractivity contribution in [1.29, 1.82) is 0 Å². The van der Waals surface area contributed by atoms with Crippen molar-refractivity contribution in [1.82, 2.24) is 9.80 Å². The zero-order valence-corrected chi connectivity index (χ0v) is 15.8. The molecule has 146 valence electrons. The number of hydrogen-bond donors (Lipinski definition) is 1. The number of piperidine rings is 1. The summed E-state index contributed by atoms with van der Waals surface area (Å²) in [6.07, 6.45) is 4.22. The number of carbonyl (C=O) groups is 3. The number of aliphatic carboxylic acids is 1. The number of carboxylic acid groups (broad SMARTS) is 1. The molecule has 1 aliphatic carbocycles. The van der Waals surface area contributed by atoms with E-state index in [1.54, 1.807) is 11.8 Å². The van der Waals surface area contributed by atoms with Crippen LogP contribution >= 0.6 is 0 Å². The molecule has 1 N–H and O–H groups in total. The number of likely N-dealkylation sites (tertiary alicyclic amines) is 1. The van der Waals surface area contributed by atoms with Crippen LogP contribution in [0.15, 0.2) is 30.3 Å². The average Bonchev–Trinajstić information content (AvgIpc) is 3.52. The van der Waals surface area contributed by atoms with Crippen LogP contribution in [0.25, 0.3) is 0 Å². The predicted octanol–water partition coefficient (Wildman–Crippen LogP) is 2.32. The molecule has 1 aromatic rings. The van der Waals surface area contributed by atoms with Crippen LogP contribution in [0, 0.1) is 5.92 Å². The maximum absolute atomic E-state index is 12.9. The molecule has 1 atom stereocenters. The molecule has 0 bridgehead atoms. The molecule has 2 fully saturated rings. The third-order valence-electron chi connectivity index (χ3n) is 5.64. The van der Waals surface area contributed by atoms with Crippen LogP contribution in [0.4, 0.5) is 0 Å². The van der Waals surface area contributed by atoms with E-state index in [1.807, 2.05) is 35.2 Å². The van der Waals surface area contributed by atoms with Crippen molar-refractivity contribution in [2.45, 2.75) is 57.5 Å². The van der Waals surface area contributed by atoms with Crippen molar-refractivity contribution < 1.29 is 19.5 Å². The van der Waals surface area contributed by atoms with Crippen LogP contribution in [-0.4, -0.2) is 57.9 Å². The molecule has 0 aromatic heterocycles. The summed E-state index contributed by atoms with van der Waals surface area (Å²) in [6.45, 7) is 2.73. The first-order valence-corrected chi connectivity index (χ1v) is 9.84. The first-order valence-electron chi connectivity index (χ1n) is 9.84. The molecule has 3 rings (SSSR count). The topological polar surface area (TPSA) is 77.9 Å². The highest BCUT2D eigenvalue weighted by molar-refractivity contribution is 5.86. The van der Waals surface area contributed by atoms with Gasteiger partial charge < -0.3 is 14.9 Å². The lowest BCUT2D eigenvalue weighted by Crippen LogP contribution is -2.50. The minimum absolute atomic E-state index is 0.0521. The number of hydrogen-bond acceptors (Lipinski definition) is 3. The minimum Gasteiger partial charge on any atom is -0.480 e. The number of nitrogens with zero attached hydrogens (tertiary/aromatic N) is 2. The first-order chi connectivity index (χ1) is 13.0. The second-order valence-electron chi connectivity index (χ2n) is 7.63. The minimum atomic E-state index is -0.955. The molecular weight excluding hydrogens is 344 g/mol. The van der Waals surface area contributed by atoms with Gasteiger partial charge in [0.25, 0.3) is 0 Å². The Labute approximate surface area is 160 Å². The summed E-state index contributed by atoms with van der Waals surface area (Å²) in [6, 6.07) is 9.25. The van der Waals surface area contributed by atoms with Crippen molar-refractivity contribution in [2.75, 3.05) is 13.1 Å². The number of rotatable bonds is 7. The molecular formula is C21H28N2O4. The summed E-state index contributed by atoms with van der Waals surface area (Å²) in [7, 11) is 0. The number of carboxylic acids is 1. The fourth-order valence-electron chi connectivity index (χ4n) is 3.80. The number of aryl methyl sites for hydroxylation is 1. The molecule has 6 nitrogen and oxygen atoms in total. The second-order valence-corrected chi connectivity index (χ2v) is 7.63. The van der Waals surface area contributed by atoms with E-state index in [9.17, 15) is 19.5 Å². The Bertz CT molecular complexity index is 679. The molecule has 6 heteroatoms. The normalized spacial score (nSPS) is 18.8. The molecule has 0 radical (unpaired) electrons. The number of amides is 2. The van der Waals surface area contributed by atoms with Crippen LogP contribution in [0.1, 0.15) is 44.6 Å². The highest BCUT2D eigenvalue weighted by Gasteiger charge is 2.41. The Balaban J connectivity index is 1.49. The van der Waals surface area contributed by atoms with E-state index in [4.69, 9.17) is 0 Å². The fourth-order valence-corrected chi connectivity index (χ4v) is 3.80. The lowest BCUT2D eigenvalue weighted by atomic mass is 9.94. The summed E-state index contributed by atoms with van der Waals surface area (Å²) in [5, 5.41) is 9.30. The summed E-state index contributed by atoms with van der Waals surface area (Å²) < 4.78 is 0. The zero-order chi connectivity index (χ0) is 19.4. The van der Waals surface area contributed by atoms with Crippen LogP contribution in [0.5, 0.6) is 0 Å². The third-order valence-corrected chi connectivity index (χ3v) is 5.64. The van der Waals surface area contributed by atoms with Gasteiger partial charge >= 0.3 is 5.97 Å². The van der Waals surface area contributed by atoms with Crippen LogP contribution in [0.3, 0.4) is 0 Å². The highest BCUT2D eigenvalue weighted by Crippen LogP contribution is 2.32. The van der Waals surface area contributed by atoms with Gasteiger partial charge in [-0.25, -0.2) is 4.79 Å². The van der Waals surface area contributed by atoms with Crippen molar-refractivity contribution in [3.63, 3.8) is 0 Å². The lowest BCUT2D eigenvalue weighted by Gasteiger charge is -2.35. The van der Waals surface area contributed by atoms with E-state index >= 15 is 0 Å². The van der Waals surface area contributed by atoms with Gasteiger partial charge in [-0.05, 0) is 44.6 Å². The Hall–Kier alpha value is -2.37. The molecule has 1 aromatic carbocycles. The lowest BCUT2D eigenvalue weighted by molar-refractivity contribution is -0.153. The molecule has 2 amide bonds. The van der Waals surface area contributed by atoms with E-state index in [2.05, 4.69) is 0 Å². The SMILES string of the molecule is CC(C(=O)O)N(C(=O)C1CCN(C(=O)CCc2ccccc2)CC1)C1CC1. The van der Waals surface area contributed by atoms with Crippen molar-refractivity contribution in [3.8, 4) is 0 Å². The number of benzene rings is 1. The maximum Gasteiger partial charge on any atom is 0.326 e.